The van der Waals surface area contributed by atoms with Gasteiger partial charge in [-0.15, -0.1) is 0 Å². The van der Waals surface area contributed by atoms with Crippen molar-refractivity contribution in [2.24, 2.45) is 0 Å². The number of nitrogens with zero attached hydrogens (tertiary/aromatic N) is 1. The number of aromatic nitrogens is 2. The molecule has 0 amide bonds. The minimum atomic E-state index is -0.881. The number of hydrogen-bond acceptors (Lipinski definition) is 3. The zero-order valence-electron chi connectivity index (χ0n) is 5.70. The second kappa shape index (κ2) is 2.81. The summed E-state index contributed by atoms with van der Waals surface area (Å²) < 4.78 is 0. The van der Waals surface area contributed by atoms with E-state index in [9.17, 15) is 0 Å². The van der Waals surface area contributed by atoms with E-state index in [-0.39, 0.29) is 6.61 Å². The maximum atomic E-state index is 9.00. The van der Waals surface area contributed by atoms with Crippen molar-refractivity contribution in [3.63, 3.8) is 0 Å². The number of aliphatic hydroxyl groups excluding tert-OH is 2. The highest BCUT2D eigenvalue weighted by Gasteiger charge is 2.07. The number of hydrogen-bond donors (Lipinski definition) is 3. The Kier molecular flexibility index (Phi) is 2.03. The Morgan fingerprint density at radius 1 is 1.80 bits per heavy atom. The quantitative estimate of drug-likeness (QED) is 0.533. The van der Waals surface area contributed by atoms with E-state index in [2.05, 4.69) is 9.97 Å². The lowest BCUT2D eigenvalue weighted by Crippen LogP contribution is -2.04. The van der Waals surface area contributed by atoms with Gasteiger partial charge in [0.15, 0.2) is 0 Å². The third-order valence-electron chi connectivity index (χ3n) is 1.21. The van der Waals surface area contributed by atoms with Crippen molar-refractivity contribution in [2.75, 3.05) is 6.61 Å². The zero-order valence-corrected chi connectivity index (χ0v) is 5.70. The Hall–Kier alpha value is -0.870. The Morgan fingerprint density at radius 3 is 2.90 bits per heavy atom. The van der Waals surface area contributed by atoms with E-state index in [1.54, 1.807) is 6.20 Å². The third-order valence-corrected chi connectivity index (χ3v) is 1.21. The molecule has 0 bridgehead atoms. The summed E-state index contributed by atoms with van der Waals surface area (Å²) in [4.78, 5) is 6.63. The third kappa shape index (κ3) is 1.34. The van der Waals surface area contributed by atoms with Gasteiger partial charge in [-0.1, -0.05) is 0 Å². The fourth-order valence-corrected chi connectivity index (χ4v) is 0.689. The first-order chi connectivity index (χ1) is 4.74. The molecule has 1 unspecified atom stereocenters. The van der Waals surface area contributed by atoms with E-state index in [0.29, 0.717) is 5.82 Å². The minimum Gasteiger partial charge on any atom is -0.393 e. The molecule has 0 saturated carbocycles. The first kappa shape index (κ1) is 7.24. The van der Waals surface area contributed by atoms with E-state index in [1.807, 2.05) is 6.92 Å². The highest BCUT2D eigenvalue weighted by atomic mass is 16.3. The second-order valence-corrected chi connectivity index (χ2v) is 2.15. The second-order valence-electron chi connectivity index (χ2n) is 2.15. The smallest absolute Gasteiger partial charge is 0.137 e. The largest absolute Gasteiger partial charge is 0.393 e. The van der Waals surface area contributed by atoms with Crippen molar-refractivity contribution >= 4 is 0 Å². The Morgan fingerprint density at radius 2 is 2.50 bits per heavy atom. The fourth-order valence-electron chi connectivity index (χ4n) is 0.689. The van der Waals surface area contributed by atoms with Gasteiger partial charge < -0.3 is 15.2 Å². The van der Waals surface area contributed by atoms with Gasteiger partial charge in [0.1, 0.15) is 11.9 Å². The normalized spacial score (nSPS) is 13.5. The molecule has 10 heavy (non-hydrogen) atoms. The summed E-state index contributed by atoms with van der Waals surface area (Å²) in [5.74, 6) is 0.417. The van der Waals surface area contributed by atoms with Gasteiger partial charge in [0.2, 0.25) is 0 Å². The number of H-pyrrole nitrogens is 1. The summed E-state index contributed by atoms with van der Waals surface area (Å²) in [5, 5.41) is 17.5. The van der Waals surface area contributed by atoms with E-state index in [4.69, 9.17) is 10.2 Å². The molecule has 1 aromatic rings. The minimum absolute atomic E-state index is 0.299. The molecule has 3 N–H and O–H groups in total. The van der Waals surface area contributed by atoms with Crippen LogP contribution in [0.4, 0.5) is 0 Å². The summed E-state index contributed by atoms with van der Waals surface area (Å²) in [6, 6.07) is 0. The summed E-state index contributed by atoms with van der Waals surface area (Å²) >= 11 is 0. The molecular formula is C6H10N2O2. The van der Waals surface area contributed by atoms with E-state index in [0.717, 1.165) is 5.69 Å². The van der Waals surface area contributed by atoms with Gasteiger partial charge in [0, 0.05) is 11.9 Å². The van der Waals surface area contributed by atoms with Crippen molar-refractivity contribution < 1.29 is 10.2 Å². The van der Waals surface area contributed by atoms with Gasteiger partial charge in [0.05, 0.1) is 6.61 Å². The molecule has 0 fully saturated rings. The van der Waals surface area contributed by atoms with Crippen LogP contribution in [0.15, 0.2) is 6.20 Å². The molecule has 0 spiro atoms. The Bertz CT molecular complexity index is 209. The lowest BCUT2D eigenvalue weighted by molar-refractivity contribution is 0.0892. The van der Waals surface area contributed by atoms with Crippen molar-refractivity contribution in [1.29, 1.82) is 0 Å². The van der Waals surface area contributed by atoms with E-state index in [1.165, 1.54) is 0 Å². The van der Waals surface area contributed by atoms with Gasteiger partial charge in [-0.25, -0.2) is 4.98 Å². The van der Waals surface area contributed by atoms with Gasteiger partial charge in [0.25, 0.3) is 0 Å². The number of aromatic amines is 1. The van der Waals surface area contributed by atoms with Crippen LogP contribution < -0.4 is 0 Å². The fraction of sp³-hybridized carbons (Fsp3) is 0.500. The lowest BCUT2D eigenvalue weighted by Gasteiger charge is -2.00. The summed E-state index contributed by atoms with van der Waals surface area (Å²) in [6.45, 7) is 1.54. The number of aryl methyl sites for hydroxylation is 1. The van der Waals surface area contributed by atoms with Crippen LogP contribution in [-0.2, 0) is 0 Å². The molecule has 1 aromatic heterocycles. The van der Waals surface area contributed by atoms with Gasteiger partial charge >= 0.3 is 0 Å². The van der Waals surface area contributed by atoms with Crippen LogP contribution in [0.25, 0.3) is 0 Å². The molecular weight excluding hydrogens is 132 g/mol. The van der Waals surface area contributed by atoms with E-state index >= 15 is 0 Å². The van der Waals surface area contributed by atoms with Gasteiger partial charge in [-0.05, 0) is 6.92 Å². The Labute approximate surface area is 58.5 Å². The SMILES string of the molecule is Cc1cnc(C(O)CO)[nH]1. The van der Waals surface area contributed by atoms with Crippen LogP contribution in [-0.4, -0.2) is 26.8 Å². The first-order valence-corrected chi connectivity index (χ1v) is 3.04. The lowest BCUT2D eigenvalue weighted by atomic mass is 10.4. The maximum absolute atomic E-state index is 9.00. The summed E-state index contributed by atoms with van der Waals surface area (Å²) in [6.07, 6.45) is 0.725. The monoisotopic (exact) mass is 142 g/mol. The molecule has 0 aliphatic rings. The van der Waals surface area contributed by atoms with Crippen LogP contribution >= 0.6 is 0 Å². The molecule has 0 aromatic carbocycles. The predicted molar refractivity (Wildman–Crippen MR) is 35.4 cm³/mol. The van der Waals surface area contributed by atoms with E-state index < -0.39 is 6.10 Å². The van der Waals surface area contributed by atoms with Crippen molar-refractivity contribution in [3.8, 4) is 0 Å². The number of imidazole rings is 1. The van der Waals surface area contributed by atoms with Crippen LogP contribution in [0.5, 0.6) is 0 Å². The molecule has 1 heterocycles. The molecule has 1 rings (SSSR count). The molecule has 1 atom stereocenters. The number of aliphatic hydroxyl groups is 2. The highest BCUT2D eigenvalue weighted by molar-refractivity contribution is 5.00. The average molecular weight is 142 g/mol. The molecule has 0 aliphatic carbocycles. The average Bonchev–Trinajstić information content (AvgIpc) is 2.34. The van der Waals surface area contributed by atoms with Gasteiger partial charge in [-0.3, -0.25) is 0 Å². The molecule has 56 valence electrons. The van der Waals surface area contributed by atoms with Crippen molar-refractivity contribution in [1.82, 2.24) is 9.97 Å². The number of nitrogens with one attached hydrogen (secondary N) is 1. The van der Waals surface area contributed by atoms with Crippen LogP contribution in [0.2, 0.25) is 0 Å². The summed E-state index contributed by atoms with van der Waals surface area (Å²) in [5.41, 5.74) is 0.877. The topological polar surface area (TPSA) is 69.1 Å². The van der Waals surface area contributed by atoms with Gasteiger partial charge in [-0.2, -0.15) is 0 Å². The number of rotatable bonds is 2. The van der Waals surface area contributed by atoms with Crippen molar-refractivity contribution in [2.45, 2.75) is 13.0 Å². The molecule has 0 radical (unpaired) electrons. The predicted octanol–water partition coefficient (Wildman–Crippen LogP) is -0.256. The molecule has 0 aliphatic heterocycles. The molecule has 4 heteroatoms. The Balaban J connectivity index is 2.74. The maximum Gasteiger partial charge on any atom is 0.137 e. The van der Waals surface area contributed by atoms with Crippen molar-refractivity contribution in [3.05, 3.63) is 17.7 Å². The molecule has 0 saturated heterocycles. The molecule has 4 nitrogen and oxygen atoms in total. The standard InChI is InChI=1S/C6H10N2O2/c1-4-2-7-6(8-4)5(10)3-9/h2,5,9-10H,3H2,1H3,(H,7,8). The highest BCUT2D eigenvalue weighted by Crippen LogP contribution is 2.05. The zero-order chi connectivity index (χ0) is 7.56. The first-order valence-electron chi connectivity index (χ1n) is 3.04. The summed E-state index contributed by atoms with van der Waals surface area (Å²) in [7, 11) is 0. The van der Waals surface area contributed by atoms with Crippen LogP contribution in [0.1, 0.15) is 17.6 Å². The van der Waals surface area contributed by atoms with Crippen LogP contribution in [0.3, 0.4) is 0 Å². The van der Waals surface area contributed by atoms with Crippen LogP contribution in [0, 0.1) is 6.92 Å².